The van der Waals surface area contributed by atoms with Gasteiger partial charge in [0.15, 0.2) is 4.80 Å². The van der Waals surface area contributed by atoms with Gasteiger partial charge >= 0.3 is 5.97 Å². The number of carbonyl (C=O) groups excluding carboxylic acids is 1. The predicted molar refractivity (Wildman–Crippen MR) is 168 cm³/mol. The first-order chi connectivity index (χ1) is 21.4. The second-order valence-corrected chi connectivity index (χ2v) is 11.1. The first kappa shape index (κ1) is 29.1. The van der Waals surface area contributed by atoms with Crippen LogP contribution in [0.15, 0.2) is 106 Å². The highest BCUT2D eigenvalue weighted by Crippen LogP contribution is 2.40. The van der Waals surface area contributed by atoms with E-state index in [2.05, 4.69) is 0 Å². The van der Waals surface area contributed by atoms with Crippen molar-refractivity contribution in [1.29, 1.82) is 0 Å². The number of ether oxygens (including phenoxy) is 3. The summed E-state index contributed by atoms with van der Waals surface area (Å²) in [6, 6.07) is 24.4. The topological polar surface area (TPSA) is 79.1 Å². The van der Waals surface area contributed by atoms with Crippen LogP contribution in [-0.4, -0.2) is 24.3 Å². The molecule has 0 N–H and O–H groups in total. The van der Waals surface area contributed by atoms with E-state index in [4.69, 9.17) is 19.2 Å². The van der Waals surface area contributed by atoms with Gasteiger partial charge in [-0.15, -0.1) is 0 Å². The smallest absolute Gasteiger partial charge is 0.338 e. The molecule has 0 spiro atoms. The summed E-state index contributed by atoms with van der Waals surface area (Å²) in [6.45, 7) is 3.69. The van der Waals surface area contributed by atoms with Gasteiger partial charge in [-0.1, -0.05) is 78.1 Å². The van der Waals surface area contributed by atoms with Crippen molar-refractivity contribution < 1.29 is 23.4 Å². The van der Waals surface area contributed by atoms with Gasteiger partial charge in [0.25, 0.3) is 5.56 Å². The number of para-hydroxylation sites is 1. The standard InChI is InChI=1S/C35H29FN2O5S/c1-4-42-34(40)30-21(2)37-35-38(32(30)31-25-14-8-5-11-22(25)17-18-28(31)41-3)33(39)29(44-35)19-23-12-7-10-16-27(23)43-20-24-13-6-9-15-26(24)36/h5-19,32H,4,20H2,1-3H3. The molecule has 0 radical (unpaired) electrons. The Morgan fingerprint density at radius 2 is 1.75 bits per heavy atom. The Hall–Kier alpha value is -5.02. The third kappa shape index (κ3) is 5.31. The molecule has 1 aliphatic rings. The summed E-state index contributed by atoms with van der Waals surface area (Å²) in [7, 11) is 1.57. The summed E-state index contributed by atoms with van der Waals surface area (Å²) in [5.74, 6) is 0.133. The number of nitrogens with zero attached hydrogens (tertiary/aromatic N) is 2. The van der Waals surface area contributed by atoms with E-state index in [0.29, 0.717) is 43.2 Å². The molecule has 9 heteroatoms. The number of methoxy groups -OCH3 is 1. The fourth-order valence-electron chi connectivity index (χ4n) is 5.44. The average Bonchev–Trinajstić information content (AvgIpc) is 3.33. The maximum absolute atomic E-state index is 14.3. The van der Waals surface area contributed by atoms with E-state index in [1.165, 1.54) is 17.4 Å². The van der Waals surface area contributed by atoms with Crippen molar-refractivity contribution in [2.24, 2.45) is 4.99 Å². The molecule has 1 atom stereocenters. The van der Waals surface area contributed by atoms with Crippen molar-refractivity contribution in [3.8, 4) is 11.5 Å². The average molecular weight is 609 g/mol. The van der Waals surface area contributed by atoms with Crippen molar-refractivity contribution in [1.82, 2.24) is 4.57 Å². The number of fused-ring (bicyclic) bond motifs is 2. The maximum Gasteiger partial charge on any atom is 0.338 e. The van der Waals surface area contributed by atoms with E-state index in [0.717, 1.165) is 10.8 Å². The summed E-state index contributed by atoms with van der Waals surface area (Å²) in [5, 5.41) is 1.78. The van der Waals surface area contributed by atoms with Crippen LogP contribution in [0.3, 0.4) is 0 Å². The van der Waals surface area contributed by atoms with Gasteiger partial charge in [-0.3, -0.25) is 9.36 Å². The normalized spacial score (nSPS) is 14.7. The zero-order chi connectivity index (χ0) is 30.8. The van der Waals surface area contributed by atoms with Crippen LogP contribution < -0.4 is 24.4 Å². The SMILES string of the molecule is CCOC(=O)C1=C(C)N=c2sc(=Cc3ccccc3OCc3ccccc3F)c(=O)n2C1c1c(OC)ccc2ccccc12. The van der Waals surface area contributed by atoms with Crippen molar-refractivity contribution in [3.05, 3.63) is 138 Å². The number of carbonyl (C=O) groups is 1. The van der Waals surface area contributed by atoms with Crippen molar-refractivity contribution in [2.45, 2.75) is 26.5 Å². The number of hydrogen-bond acceptors (Lipinski definition) is 7. The molecule has 1 unspecified atom stereocenters. The highest BCUT2D eigenvalue weighted by atomic mass is 32.1. The van der Waals surface area contributed by atoms with Gasteiger partial charge in [-0.05, 0) is 48.9 Å². The fourth-order valence-corrected chi connectivity index (χ4v) is 6.48. The number of hydrogen-bond donors (Lipinski definition) is 0. The third-order valence-electron chi connectivity index (χ3n) is 7.49. The highest BCUT2D eigenvalue weighted by Gasteiger charge is 2.36. The Morgan fingerprint density at radius 1 is 1.00 bits per heavy atom. The molecule has 1 aromatic heterocycles. The van der Waals surface area contributed by atoms with Crippen LogP contribution in [0.5, 0.6) is 11.5 Å². The molecule has 2 heterocycles. The lowest BCUT2D eigenvalue weighted by Crippen LogP contribution is -2.40. The number of benzene rings is 4. The Morgan fingerprint density at radius 3 is 2.55 bits per heavy atom. The molecule has 0 aliphatic carbocycles. The number of aromatic nitrogens is 1. The Kier molecular flexibility index (Phi) is 8.13. The molecule has 0 amide bonds. The number of rotatable bonds is 8. The van der Waals surface area contributed by atoms with Gasteiger partial charge in [0.2, 0.25) is 0 Å². The quantitative estimate of drug-likeness (QED) is 0.212. The first-order valence-electron chi connectivity index (χ1n) is 14.1. The van der Waals surface area contributed by atoms with Gasteiger partial charge in [0.05, 0.1) is 29.5 Å². The second-order valence-electron chi connectivity index (χ2n) is 10.1. The zero-order valence-electron chi connectivity index (χ0n) is 24.4. The van der Waals surface area contributed by atoms with Gasteiger partial charge < -0.3 is 14.2 Å². The number of halogens is 1. The van der Waals surface area contributed by atoms with Gasteiger partial charge in [-0.25, -0.2) is 14.2 Å². The van der Waals surface area contributed by atoms with Gasteiger partial charge in [-0.2, -0.15) is 0 Å². The van der Waals surface area contributed by atoms with Gasteiger partial charge in [0, 0.05) is 16.7 Å². The van der Waals surface area contributed by atoms with Gasteiger partial charge in [0.1, 0.15) is 30.0 Å². The van der Waals surface area contributed by atoms with Crippen LogP contribution in [0.4, 0.5) is 4.39 Å². The summed E-state index contributed by atoms with van der Waals surface area (Å²) in [6.07, 6.45) is 1.74. The molecule has 0 saturated heterocycles. The monoisotopic (exact) mass is 608 g/mol. The summed E-state index contributed by atoms with van der Waals surface area (Å²) >= 11 is 1.22. The number of thiazole rings is 1. The fraction of sp³-hybridized carbons (Fsp3) is 0.171. The molecular weight excluding hydrogens is 579 g/mol. The Labute approximate surface area is 256 Å². The van der Waals surface area contributed by atoms with Crippen molar-refractivity contribution in [3.63, 3.8) is 0 Å². The molecule has 0 bridgehead atoms. The molecule has 0 saturated carbocycles. The molecule has 6 rings (SSSR count). The predicted octanol–water partition coefficient (Wildman–Crippen LogP) is 5.68. The molecule has 7 nitrogen and oxygen atoms in total. The zero-order valence-corrected chi connectivity index (χ0v) is 25.2. The molecule has 0 fully saturated rings. The lowest BCUT2D eigenvalue weighted by atomic mass is 9.90. The largest absolute Gasteiger partial charge is 0.496 e. The van der Waals surface area contributed by atoms with Crippen LogP contribution >= 0.6 is 11.3 Å². The van der Waals surface area contributed by atoms with E-state index >= 15 is 0 Å². The van der Waals surface area contributed by atoms with Crippen LogP contribution in [0.1, 0.15) is 36.6 Å². The van der Waals surface area contributed by atoms with Crippen molar-refractivity contribution in [2.75, 3.05) is 13.7 Å². The van der Waals surface area contributed by atoms with Crippen LogP contribution in [0, 0.1) is 5.82 Å². The Balaban J connectivity index is 1.53. The number of esters is 1. The minimum Gasteiger partial charge on any atom is -0.496 e. The van der Waals surface area contributed by atoms with E-state index in [9.17, 15) is 14.0 Å². The van der Waals surface area contributed by atoms with E-state index in [-0.39, 0.29) is 30.2 Å². The summed E-state index contributed by atoms with van der Waals surface area (Å²) in [5.41, 5.74) is 2.15. The van der Waals surface area contributed by atoms with Crippen LogP contribution in [0.2, 0.25) is 0 Å². The molecule has 44 heavy (non-hydrogen) atoms. The highest BCUT2D eigenvalue weighted by molar-refractivity contribution is 7.07. The second kappa shape index (κ2) is 12.3. The first-order valence-corrected chi connectivity index (χ1v) is 14.9. The van der Waals surface area contributed by atoms with Crippen LogP contribution in [0.25, 0.3) is 16.8 Å². The minimum absolute atomic E-state index is 0.0295. The molecule has 4 aromatic carbocycles. The van der Waals surface area contributed by atoms with Crippen LogP contribution in [-0.2, 0) is 16.1 Å². The number of allylic oxidation sites excluding steroid dienone is 1. The third-order valence-corrected chi connectivity index (χ3v) is 8.47. The lowest BCUT2D eigenvalue weighted by Gasteiger charge is -2.27. The van der Waals surface area contributed by atoms with Crippen molar-refractivity contribution >= 4 is 34.2 Å². The van der Waals surface area contributed by atoms with E-state index in [1.54, 1.807) is 55.9 Å². The maximum atomic E-state index is 14.3. The van der Waals surface area contributed by atoms with E-state index in [1.807, 2.05) is 54.6 Å². The molecule has 5 aromatic rings. The lowest BCUT2D eigenvalue weighted by molar-refractivity contribution is -0.139. The Bertz CT molecular complexity index is 2110. The minimum atomic E-state index is -0.846. The molecular formula is C35H29FN2O5S. The molecule has 222 valence electrons. The summed E-state index contributed by atoms with van der Waals surface area (Å²) < 4.78 is 33.4. The van der Waals surface area contributed by atoms with E-state index < -0.39 is 12.0 Å². The summed E-state index contributed by atoms with van der Waals surface area (Å²) in [4.78, 5) is 32.9. The molecule has 1 aliphatic heterocycles.